The Morgan fingerprint density at radius 3 is 1.84 bits per heavy atom. The molecule has 0 saturated heterocycles. The number of nitrogens with zero attached hydrogens (tertiary/aromatic N) is 2. The number of hydrogen-bond donors (Lipinski definition) is 2. The Hall–Kier alpha value is -1.52. The molecule has 0 radical (unpaired) electrons. The molecule has 1 rings (SSSR count). The Labute approximate surface area is 192 Å². The zero-order valence-electron chi connectivity index (χ0n) is 20.7. The van der Waals surface area contributed by atoms with E-state index in [-0.39, 0.29) is 6.03 Å². The molecule has 0 spiro atoms. The number of aryl methyl sites for hydroxylation is 2. The third kappa shape index (κ3) is 16.8. The third-order valence-electron chi connectivity index (χ3n) is 5.93. The average molecular weight is 436 g/mol. The molecule has 0 fully saturated rings. The van der Waals surface area contributed by atoms with Crippen molar-refractivity contribution in [2.75, 3.05) is 13.1 Å². The summed E-state index contributed by atoms with van der Waals surface area (Å²) in [7, 11) is 0. The summed E-state index contributed by atoms with van der Waals surface area (Å²) in [5.41, 5.74) is 0. The van der Waals surface area contributed by atoms with Crippen molar-refractivity contribution in [1.29, 1.82) is 0 Å². The van der Waals surface area contributed by atoms with Crippen molar-refractivity contribution in [3.63, 3.8) is 0 Å². The summed E-state index contributed by atoms with van der Waals surface area (Å²) in [6.07, 6.45) is 28.1. The van der Waals surface area contributed by atoms with E-state index in [1.165, 1.54) is 89.9 Å². The van der Waals surface area contributed by atoms with Gasteiger partial charge in [-0.2, -0.15) is 0 Å². The van der Waals surface area contributed by atoms with Gasteiger partial charge < -0.3 is 10.6 Å². The van der Waals surface area contributed by atoms with Gasteiger partial charge in [-0.05, 0) is 19.3 Å². The van der Waals surface area contributed by atoms with E-state index in [0.717, 1.165) is 32.5 Å². The predicted molar refractivity (Wildman–Crippen MR) is 131 cm³/mol. The van der Waals surface area contributed by atoms with E-state index in [1.807, 2.05) is 0 Å². The fourth-order valence-electron chi connectivity index (χ4n) is 3.96. The van der Waals surface area contributed by atoms with Crippen LogP contribution >= 0.6 is 0 Å². The highest BCUT2D eigenvalue weighted by atomic mass is 16.2. The largest absolute Gasteiger partial charge is 0.338 e. The lowest BCUT2D eigenvalue weighted by atomic mass is 10.0. The lowest BCUT2D eigenvalue weighted by molar-refractivity contribution is -0.696. The number of aromatic nitrogens is 2. The minimum Gasteiger partial charge on any atom is -0.338 e. The molecular formula is C26H51N4O+. The number of hydrogen-bond acceptors (Lipinski definition) is 1. The van der Waals surface area contributed by atoms with E-state index in [4.69, 9.17) is 0 Å². The van der Waals surface area contributed by atoms with Gasteiger partial charge >= 0.3 is 6.03 Å². The van der Waals surface area contributed by atoms with E-state index in [1.54, 1.807) is 0 Å². The molecule has 0 aliphatic heterocycles. The van der Waals surface area contributed by atoms with Crippen LogP contribution in [-0.2, 0) is 13.1 Å². The van der Waals surface area contributed by atoms with Gasteiger partial charge in [0.25, 0.3) is 0 Å². The molecule has 5 heteroatoms. The second-order valence-corrected chi connectivity index (χ2v) is 9.02. The summed E-state index contributed by atoms with van der Waals surface area (Å²) in [5.74, 6) is 0. The second-order valence-electron chi connectivity index (χ2n) is 9.02. The average Bonchev–Trinajstić information content (AvgIpc) is 3.23. The maximum Gasteiger partial charge on any atom is 0.314 e. The summed E-state index contributed by atoms with van der Waals surface area (Å²) in [6.45, 7) is 7.86. The van der Waals surface area contributed by atoms with Crippen molar-refractivity contribution in [2.24, 2.45) is 0 Å². The van der Waals surface area contributed by atoms with Gasteiger partial charge in [0.2, 0.25) is 6.33 Å². The van der Waals surface area contributed by atoms with Gasteiger partial charge in [0.1, 0.15) is 12.4 Å². The molecular weight excluding hydrogens is 384 g/mol. The van der Waals surface area contributed by atoms with E-state index < -0.39 is 0 Å². The first-order valence-corrected chi connectivity index (χ1v) is 13.3. The number of imidazole rings is 1. The number of nitrogens with one attached hydrogen (secondary N) is 2. The molecule has 0 saturated carbocycles. The van der Waals surface area contributed by atoms with E-state index in [9.17, 15) is 4.79 Å². The Morgan fingerprint density at radius 1 is 0.710 bits per heavy atom. The summed E-state index contributed by atoms with van der Waals surface area (Å²) < 4.78 is 4.51. The van der Waals surface area contributed by atoms with Gasteiger partial charge in [-0.3, -0.25) is 0 Å². The lowest BCUT2D eigenvalue weighted by Gasteiger charge is -2.05. The van der Waals surface area contributed by atoms with Gasteiger partial charge in [0.15, 0.2) is 0 Å². The highest BCUT2D eigenvalue weighted by Crippen LogP contribution is 2.13. The zero-order valence-corrected chi connectivity index (χ0v) is 20.7. The fourth-order valence-corrected chi connectivity index (χ4v) is 3.96. The molecule has 2 N–H and O–H groups in total. The number of carbonyl (C=O) groups excluding carboxylic acids is 1. The van der Waals surface area contributed by atoms with Crippen LogP contribution in [0.3, 0.4) is 0 Å². The molecule has 0 aliphatic rings. The topological polar surface area (TPSA) is 49.9 Å². The Balaban J connectivity index is 1.88. The lowest BCUT2D eigenvalue weighted by Crippen LogP contribution is -2.38. The van der Waals surface area contributed by atoms with Gasteiger partial charge in [-0.1, -0.05) is 90.9 Å². The Morgan fingerprint density at radius 2 is 1.26 bits per heavy atom. The van der Waals surface area contributed by atoms with Crippen molar-refractivity contribution in [3.05, 3.63) is 18.7 Å². The second kappa shape index (κ2) is 20.4. The smallest absolute Gasteiger partial charge is 0.314 e. The highest BCUT2D eigenvalue weighted by Gasteiger charge is 2.04. The van der Waals surface area contributed by atoms with Crippen molar-refractivity contribution in [2.45, 2.75) is 130 Å². The van der Waals surface area contributed by atoms with Crippen LogP contribution in [-0.4, -0.2) is 23.7 Å². The summed E-state index contributed by atoms with van der Waals surface area (Å²) in [5, 5.41) is 5.74. The summed E-state index contributed by atoms with van der Waals surface area (Å²) in [6, 6.07) is -0.0535. The first-order chi connectivity index (χ1) is 15.3. The van der Waals surface area contributed by atoms with Crippen molar-refractivity contribution < 1.29 is 9.36 Å². The van der Waals surface area contributed by atoms with Crippen LogP contribution in [0.2, 0.25) is 0 Å². The summed E-state index contributed by atoms with van der Waals surface area (Å²) in [4.78, 5) is 11.5. The third-order valence-corrected chi connectivity index (χ3v) is 5.93. The number of unbranched alkanes of at least 4 members (excludes halogenated alkanes) is 13. The van der Waals surface area contributed by atoms with Gasteiger partial charge in [-0.15, -0.1) is 0 Å². The molecule has 0 unspecified atom stereocenters. The van der Waals surface area contributed by atoms with Crippen LogP contribution in [0.1, 0.15) is 117 Å². The minimum atomic E-state index is -0.0535. The van der Waals surface area contributed by atoms with E-state index in [2.05, 4.69) is 52.3 Å². The van der Waals surface area contributed by atoms with Gasteiger partial charge in [0, 0.05) is 19.5 Å². The summed E-state index contributed by atoms with van der Waals surface area (Å²) >= 11 is 0. The van der Waals surface area contributed by atoms with Gasteiger partial charge in [-0.25, -0.2) is 13.9 Å². The van der Waals surface area contributed by atoms with Crippen molar-refractivity contribution in [3.8, 4) is 0 Å². The molecule has 0 atom stereocenters. The predicted octanol–water partition coefficient (Wildman–Crippen LogP) is 6.36. The van der Waals surface area contributed by atoms with Crippen LogP contribution in [0.25, 0.3) is 0 Å². The first kappa shape index (κ1) is 27.5. The van der Waals surface area contributed by atoms with Gasteiger partial charge in [0.05, 0.1) is 13.1 Å². The molecule has 0 aromatic carbocycles. The van der Waals surface area contributed by atoms with E-state index >= 15 is 0 Å². The minimum absolute atomic E-state index is 0.0535. The standard InChI is InChI=1S/C26H50N4O/c1-3-5-6-7-8-9-10-11-12-13-14-15-16-17-21-29-23-24-30(25-29)22-18-20-28-26(31)27-19-4-2/h23-25H,3-22H2,1-2H3,(H-,27,28,31)/p+1. The number of rotatable bonds is 21. The molecule has 31 heavy (non-hydrogen) atoms. The fraction of sp³-hybridized carbons (Fsp3) is 0.846. The van der Waals surface area contributed by atoms with Crippen molar-refractivity contribution >= 4 is 6.03 Å². The molecule has 1 heterocycles. The van der Waals surface area contributed by atoms with Crippen molar-refractivity contribution in [1.82, 2.24) is 15.2 Å². The number of urea groups is 1. The van der Waals surface area contributed by atoms with Crippen LogP contribution in [0.15, 0.2) is 18.7 Å². The number of amides is 2. The number of carbonyl (C=O) groups is 1. The molecule has 0 aliphatic carbocycles. The van der Waals surface area contributed by atoms with Crippen LogP contribution in [0.4, 0.5) is 4.79 Å². The zero-order chi connectivity index (χ0) is 22.4. The maximum absolute atomic E-state index is 11.5. The first-order valence-electron chi connectivity index (χ1n) is 13.3. The van der Waals surface area contributed by atoms with Crippen LogP contribution in [0.5, 0.6) is 0 Å². The molecule has 1 aromatic heterocycles. The molecule has 1 aromatic rings. The SMILES string of the molecule is CCCCCCCCCCCCCCCCn1cc[n+](CCCNC(=O)NCCC)c1. The molecule has 2 amide bonds. The van der Waals surface area contributed by atoms with Crippen LogP contribution < -0.4 is 15.2 Å². The highest BCUT2D eigenvalue weighted by molar-refractivity contribution is 5.73. The Bertz CT molecular complexity index is 529. The normalized spacial score (nSPS) is 11.0. The quantitative estimate of drug-likeness (QED) is 0.171. The van der Waals surface area contributed by atoms with E-state index in [0.29, 0.717) is 6.54 Å². The maximum atomic E-state index is 11.5. The van der Waals surface area contributed by atoms with Crippen LogP contribution in [0, 0.1) is 0 Å². The molecule has 0 bridgehead atoms. The molecule has 180 valence electrons. The molecule has 5 nitrogen and oxygen atoms in total. The monoisotopic (exact) mass is 435 g/mol. The Kier molecular flexibility index (Phi) is 18.1.